The number of benzene rings is 1. The van der Waals surface area contributed by atoms with Gasteiger partial charge in [0, 0.05) is 57.6 Å². The molecule has 0 amide bonds. The first-order valence-electron chi connectivity index (χ1n) is 9.60. The van der Waals surface area contributed by atoms with Crippen LogP contribution in [0.5, 0.6) is 0 Å². The Morgan fingerprint density at radius 2 is 1.59 bits per heavy atom. The maximum absolute atomic E-state index is 13.4. The number of aromatic nitrogens is 2. The van der Waals surface area contributed by atoms with Crippen LogP contribution >= 0.6 is 0 Å². The molecule has 0 aliphatic carbocycles. The average Bonchev–Trinajstić information content (AvgIpc) is 3.20. The Bertz CT molecular complexity index is 799. The van der Waals surface area contributed by atoms with Gasteiger partial charge in [0.15, 0.2) is 11.6 Å². The van der Waals surface area contributed by atoms with Crippen molar-refractivity contribution in [3.05, 3.63) is 47.2 Å². The van der Waals surface area contributed by atoms with Gasteiger partial charge in [0.1, 0.15) is 5.82 Å². The summed E-state index contributed by atoms with van der Waals surface area (Å²) < 4.78 is 26.5. The molecule has 2 aliphatic rings. The SMILES string of the molecule is Cc1cc(N2CCN(Cc3ccc(F)c(F)c3)CC2)nc(N2CCCC2)n1. The molecule has 7 heteroatoms. The van der Waals surface area contributed by atoms with E-state index in [0.29, 0.717) is 6.54 Å². The van der Waals surface area contributed by atoms with Crippen LogP contribution < -0.4 is 9.80 Å². The maximum Gasteiger partial charge on any atom is 0.227 e. The highest BCUT2D eigenvalue weighted by molar-refractivity contribution is 5.46. The maximum atomic E-state index is 13.4. The summed E-state index contributed by atoms with van der Waals surface area (Å²) in [6.07, 6.45) is 2.41. The zero-order valence-electron chi connectivity index (χ0n) is 15.7. The molecule has 144 valence electrons. The minimum Gasteiger partial charge on any atom is -0.354 e. The second kappa shape index (κ2) is 7.76. The molecule has 2 saturated heterocycles. The predicted molar refractivity (Wildman–Crippen MR) is 102 cm³/mol. The third-order valence-corrected chi connectivity index (χ3v) is 5.30. The van der Waals surface area contributed by atoms with E-state index < -0.39 is 11.6 Å². The average molecular weight is 373 g/mol. The van der Waals surface area contributed by atoms with Crippen LogP contribution in [0.25, 0.3) is 0 Å². The summed E-state index contributed by atoms with van der Waals surface area (Å²) in [5, 5.41) is 0. The van der Waals surface area contributed by atoms with Crippen molar-refractivity contribution in [1.29, 1.82) is 0 Å². The monoisotopic (exact) mass is 373 g/mol. The van der Waals surface area contributed by atoms with Crippen LogP contribution in [0.4, 0.5) is 20.5 Å². The van der Waals surface area contributed by atoms with E-state index in [0.717, 1.165) is 62.3 Å². The van der Waals surface area contributed by atoms with Crippen molar-refractivity contribution in [3.8, 4) is 0 Å². The molecule has 0 saturated carbocycles. The topological polar surface area (TPSA) is 35.5 Å². The molecular formula is C20H25F2N5. The number of hydrogen-bond donors (Lipinski definition) is 0. The summed E-state index contributed by atoms with van der Waals surface area (Å²) >= 11 is 0. The van der Waals surface area contributed by atoms with Crippen LogP contribution in [0.15, 0.2) is 24.3 Å². The fourth-order valence-electron chi connectivity index (χ4n) is 3.79. The lowest BCUT2D eigenvalue weighted by Crippen LogP contribution is -2.46. The van der Waals surface area contributed by atoms with Crippen LogP contribution in [-0.2, 0) is 6.54 Å². The van der Waals surface area contributed by atoms with Crippen molar-refractivity contribution < 1.29 is 8.78 Å². The van der Waals surface area contributed by atoms with E-state index in [1.807, 2.05) is 13.0 Å². The Hall–Kier alpha value is -2.28. The van der Waals surface area contributed by atoms with E-state index in [4.69, 9.17) is 4.98 Å². The first kappa shape index (κ1) is 18.1. The number of nitrogens with zero attached hydrogens (tertiary/aromatic N) is 5. The third-order valence-electron chi connectivity index (χ3n) is 5.30. The van der Waals surface area contributed by atoms with Crippen molar-refractivity contribution >= 4 is 11.8 Å². The molecule has 0 unspecified atom stereocenters. The van der Waals surface area contributed by atoms with E-state index in [1.165, 1.54) is 25.0 Å². The van der Waals surface area contributed by atoms with E-state index >= 15 is 0 Å². The van der Waals surface area contributed by atoms with Crippen molar-refractivity contribution in [2.24, 2.45) is 0 Å². The summed E-state index contributed by atoms with van der Waals surface area (Å²) in [5.41, 5.74) is 1.79. The Labute approximate surface area is 158 Å². The molecule has 0 radical (unpaired) electrons. The van der Waals surface area contributed by atoms with Crippen LogP contribution in [0.1, 0.15) is 24.1 Å². The summed E-state index contributed by atoms with van der Waals surface area (Å²) in [6, 6.07) is 6.19. The van der Waals surface area contributed by atoms with Crippen LogP contribution in [0.2, 0.25) is 0 Å². The number of aryl methyl sites for hydroxylation is 1. The molecule has 0 atom stereocenters. The Kier molecular flexibility index (Phi) is 5.20. The quantitative estimate of drug-likeness (QED) is 0.823. The van der Waals surface area contributed by atoms with E-state index in [2.05, 4.69) is 19.7 Å². The lowest BCUT2D eigenvalue weighted by molar-refractivity contribution is 0.249. The standard InChI is InChI=1S/C20H25F2N5/c1-15-12-19(24-20(23-15)27-6-2-3-7-27)26-10-8-25(9-11-26)14-16-4-5-17(21)18(22)13-16/h4-5,12-13H,2-3,6-11,14H2,1H3. The normalized spacial score (nSPS) is 18.3. The molecule has 2 fully saturated rings. The number of rotatable bonds is 4. The van der Waals surface area contributed by atoms with Crippen molar-refractivity contribution in [1.82, 2.24) is 14.9 Å². The molecule has 2 aromatic rings. The van der Waals surface area contributed by atoms with Gasteiger partial charge in [-0.3, -0.25) is 4.90 Å². The summed E-state index contributed by atoms with van der Waals surface area (Å²) in [4.78, 5) is 16.2. The first-order valence-corrected chi connectivity index (χ1v) is 9.60. The van der Waals surface area contributed by atoms with Crippen LogP contribution in [0.3, 0.4) is 0 Å². The Balaban J connectivity index is 1.39. The summed E-state index contributed by atoms with van der Waals surface area (Å²) in [5.74, 6) is 0.247. The van der Waals surface area contributed by atoms with Gasteiger partial charge in [-0.25, -0.2) is 13.8 Å². The Morgan fingerprint density at radius 1 is 0.852 bits per heavy atom. The van der Waals surface area contributed by atoms with Crippen molar-refractivity contribution in [2.45, 2.75) is 26.3 Å². The number of hydrogen-bond acceptors (Lipinski definition) is 5. The van der Waals surface area contributed by atoms with Gasteiger partial charge in [0.2, 0.25) is 5.95 Å². The lowest BCUT2D eigenvalue weighted by Gasteiger charge is -2.35. The van der Waals surface area contributed by atoms with Gasteiger partial charge in [-0.05, 0) is 37.5 Å². The second-order valence-electron chi connectivity index (χ2n) is 7.37. The molecule has 5 nitrogen and oxygen atoms in total. The molecule has 3 heterocycles. The molecule has 0 bridgehead atoms. The highest BCUT2D eigenvalue weighted by Gasteiger charge is 2.21. The number of anilines is 2. The van der Waals surface area contributed by atoms with Crippen molar-refractivity contribution in [2.75, 3.05) is 49.1 Å². The minimum atomic E-state index is -0.795. The van der Waals surface area contributed by atoms with Gasteiger partial charge in [-0.1, -0.05) is 6.07 Å². The summed E-state index contributed by atoms with van der Waals surface area (Å²) in [6.45, 7) is 8.16. The van der Waals surface area contributed by atoms with Crippen LogP contribution in [0, 0.1) is 18.6 Å². The zero-order valence-corrected chi connectivity index (χ0v) is 15.7. The fourth-order valence-corrected chi connectivity index (χ4v) is 3.79. The second-order valence-corrected chi connectivity index (χ2v) is 7.37. The van der Waals surface area contributed by atoms with Gasteiger partial charge in [0.05, 0.1) is 0 Å². The largest absolute Gasteiger partial charge is 0.354 e. The van der Waals surface area contributed by atoms with Gasteiger partial charge < -0.3 is 9.80 Å². The van der Waals surface area contributed by atoms with E-state index in [-0.39, 0.29) is 0 Å². The predicted octanol–water partition coefficient (Wildman–Crippen LogP) is 2.99. The molecular weight excluding hydrogens is 348 g/mol. The number of piperazine rings is 1. The molecule has 0 spiro atoms. The van der Waals surface area contributed by atoms with Gasteiger partial charge in [-0.15, -0.1) is 0 Å². The zero-order chi connectivity index (χ0) is 18.8. The van der Waals surface area contributed by atoms with Crippen LogP contribution in [-0.4, -0.2) is 54.1 Å². The molecule has 1 aromatic heterocycles. The highest BCUT2D eigenvalue weighted by Crippen LogP contribution is 2.22. The summed E-state index contributed by atoms with van der Waals surface area (Å²) in [7, 11) is 0. The van der Waals surface area contributed by atoms with Gasteiger partial charge in [0.25, 0.3) is 0 Å². The number of halogens is 2. The molecule has 4 rings (SSSR count). The van der Waals surface area contributed by atoms with E-state index in [1.54, 1.807) is 6.07 Å². The highest BCUT2D eigenvalue weighted by atomic mass is 19.2. The molecule has 2 aliphatic heterocycles. The smallest absolute Gasteiger partial charge is 0.227 e. The first-order chi connectivity index (χ1) is 13.1. The minimum absolute atomic E-state index is 0.632. The fraction of sp³-hybridized carbons (Fsp3) is 0.500. The lowest BCUT2D eigenvalue weighted by atomic mass is 10.2. The molecule has 27 heavy (non-hydrogen) atoms. The third kappa shape index (κ3) is 4.18. The molecule has 0 N–H and O–H groups in total. The Morgan fingerprint density at radius 3 is 2.30 bits per heavy atom. The van der Waals surface area contributed by atoms with Crippen molar-refractivity contribution in [3.63, 3.8) is 0 Å². The molecule has 1 aromatic carbocycles. The van der Waals surface area contributed by atoms with Gasteiger partial charge >= 0.3 is 0 Å². The van der Waals surface area contributed by atoms with E-state index in [9.17, 15) is 8.78 Å². The van der Waals surface area contributed by atoms with Gasteiger partial charge in [-0.2, -0.15) is 4.98 Å².